The fraction of sp³-hybridized carbons (Fsp3) is 0.118. The van der Waals surface area contributed by atoms with Gasteiger partial charge in [0.2, 0.25) is 11.9 Å². The zero-order valence-electron chi connectivity index (χ0n) is 13.4. The van der Waals surface area contributed by atoms with Crippen LogP contribution in [0.1, 0.15) is 5.82 Å². The molecule has 1 heterocycles. The summed E-state index contributed by atoms with van der Waals surface area (Å²) in [6.45, 7) is 0. The molecule has 0 saturated carbocycles. The molecule has 128 valence electrons. The van der Waals surface area contributed by atoms with Crippen LogP contribution in [0.15, 0.2) is 53.4 Å². The fourth-order valence-corrected chi connectivity index (χ4v) is 3.20. The summed E-state index contributed by atoms with van der Waals surface area (Å²) in [4.78, 5) is 13.8. The van der Waals surface area contributed by atoms with Crippen molar-refractivity contribution in [3.63, 3.8) is 0 Å². The van der Waals surface area contributed by atoms with Crippen molar-refractivity contribution in [2.75, 3.05) is 18.2 Å². The largest absolute Gasteiger partial charge is 0.495 e. The monoisotopic (exact) mass is 373 g/mol. The molecule has 25 heavy (non-hydrogen) atoms. The number of hydrogen-bond acceptors (Lipinski definition) is 7. The average molecular weight is 374 g/mol. The van der Waals surface area contributed by atoms with Crippen molar-refractivity contribution in [3.8, 4) is 5.75 Å². The first-order valence-electron chi connectivity index (χ1n) is 7.43. The molecule has 3 N–H and O–H groups in total. The lowest BCUT2D eigenvalue weighted by atomic mass is 10.3. The van der Waals surface area contributed by atoms with E-state index in [1.165, 1.54) is 0 Å². The quantitative estimate of drug-likeness (QED) is 0.627. The Hall–Kier alpha value is -2.51. The van der Waals surface area contributed by atoms with Crippen LogP contribution >= 0.6 is 23.4 Å². The summed E-state index contributed by atoms with van der Waals surface area (Å²) < 4.78 is 5.31. The molecule has 0 atom stereocenters. The Labute approximate surface area is 154 Å². The van der Waals surface area contributed by atoms with Crippen LogP contribution < -0.4 is 15.8 Å². The molecule has 2 aromatic carbocycles. The van der Waals surface area contributed by atoms with Crippen LogP contribution in [0.2, 0.25) is 5.02 Å². The van der Waals surface area contributed by atoms with Gasteiger partial charge in [-0.2, -0.15) is 15.0 Å². The number of nitrogens with two attached hydrogens (primary N) is 1. The van der Waals surface area contributed by atoms with Crippen molar-refractivity contribution in [2.45, 2.75) is 10.6 Å². The molecule has 6 nitrogen and oxygen atoms in total. The van der Waals surface area contributed by atoms with Gasteiger partial charge in [0.25, 0.3) is 0 Å². The summed E-state index contributed by atoms with van der Waals surface area (Å²) in [7, 11) is 1.61. The van der Waals surface area contributed by atoms with Gasteiger partial charge < -0.3 is 15.8 Å². The van der Waals surface area contributed by atoms with Crippen molar-refractivity contribution >= 4 is 40.9 Å². The molecule has 0 radical (unpaired) electrons. The van der Waals surface area contributed by atoms with Crippen LogP contribution in [0.3, 0.4) is 0 Å². The third kappa shape index (κ3) is 4.74. The molecular weight excluding hydrogens is 358 g/mol. The zero-order valence-corrected chi connectivity index (χ0v) is 15.0. The number of nitrogen functional groups attached to an aromatic ring is 1. The van der Waals surface area contributed by atoms with Gasteiger partial charge in [0.1, 0.15) is 11.6 Å². The Balaban J connectivity index is 1.76. The fourth-order valence-electron chi connectivity index (χ4n) is 2.13. The van der Waals surface area contributed by atoms with E-state index in [2.05, 4.69) is 20.3 Å². The maximum Gasteiger partial charge on any atom is 0.232 e. The van der Waals surface area contributed by atoms with Gasteiger partial charge in [-0.25, -0.2) is 0 Å². The van der Waals surface area contributed by atoms with E-state index in [4.69, 9.17) is 22.1 Å². The molecule has 3 aromatic rings. The molecule has 3 rings (SSSR count). The summed E-state index contributed by atoms with van der Waals surface area (Å²) in [5, 5.41) is 3.81. The van der Waals surface area contributed by atoms with E-state index in [0.29, 0.717) is 28.3 Å². The lowest BCUT2D eigenvalue weighted by molar-refractivity contribution is 0.417. The summed E-state index contributed by atoms with van der Waals surface area (Å²) >= 11 is 7.57. The second kappa shape index (κ2) is 8.04. The van der Waals surface area contributed by atoms with Gasteiger partial charge in [-0.15, -0.1) is 11.8 Å². The first-order chi connectivity index (χ1) is 12.1. The van der Waals surface area contributed by atoms with Crippen LogP contribution in [-0.4, -0.2) is 22.1 Å². The number of halogens is 1. The molecular formula is C17H16ClN5OS. The maximum absolute atomic E-state index is 6.00. The van der Waals surface area contributed by atoms with E-state index in [9.17, 15) is 0 Å². The topological polar surface area (TPSA) is 86.0 Å². The third-order valence-electron chi connectivity index (χ3n) is 3.22. The van der Waals surface area contributed by atoms with Gasteiger partial charge in [-0.1, -0.05) is 29.8 Å². The molecule has 0 aliphatic carbocycles. The number of methoxy groups -OCH3 is 1. The Morgan fingerprint density at radius 3 is 2.76 bits per heavy atom. The second-order valence-electron chi connectivity index (χ2n) is 5.00. The lowest BCUT2D eigenvalue weighted by Crippen LogP contribution is -2.07. The smallest absolute Gasteiger partial charge is 0.232 e. The predicted octanol–water partition coefficient (Wildman–Crippen LogP) is 4.15. The number of rotatable bonds is 6. The Morgan fingerprint density at radius 1 is 1.12 bits per heavy atom. The number of hydrogen-bond donors (Lipinski definition) is 2. The van der Waals surface area contributed by atoms with Crippen molar-refractivity contribution in [3.05, 3.63) is 59.4 Å². The highest BCUT2D eigenvalue weighted by atomic mass is 35.5. The third-order valence-corrected chi connectivity index (χ3v) is 4.44. The highest BCUT2D eigenvalue weighted by Gasteiger charge is 2.08. The van der Waals surface area contributed by atoms with E-state index >= 15 is 0 Å². The number of para-hydroxylation sites is 2. The molecule has 0 fully saturated rings. The van der Waals surface area contributed by atoms with Crippen molar-refractivity contribution in [1.29, 1.82) is 0 Å². The molecule has 0 aliphatic rings. The van der Waals surface area contributed by atoms with E-state index < -0.39 is 0 Å². The molecule has 0 unspecified atom stereocenters. The first-order valence-corrected chi connectivity index (χ1v) is 8.79. The van der Waals surface area contributed by atoms with Gasteiger partial charge in [0.05, 0.1) is 18.6 Å². The maximum atomic E-state index is 6.00. The highest BCUT2D eigenvalue weighted by Crippen LogP contribution is 2.27. The van der Waals surface area contributed by atoms with Crippen LogP contribution in [0.5, 0.6) is 5.75 Å². The highest BCUT2D eigenvalue weighted by molar-refractivity contribution is 7.98. The van der Waals surface area contributed by atoms with E-state index in [1.54, 1.807) is 18.9 Å². The molecule has 0 amide bonds. The summed E-state index contributed by atoms with van der Waals surface area (Å²) in [5.41, 5.74) is 6.57. The van der Waals surface area contributed by atoms with Gasteiger partial charge in [-0.3, -0.25) is 0 Å². The molecule has 0 aliphatic heterocycles. The van der Waals surface area contributed by atoms with Crippen LogP contribution in [-0.2, 0) is 5.75 Å². The second-order valence-corrected chi connectivity index (χ2v) is 6.49. The molecule has 1 aromatic heterocycles. The van der Waals surface area contributed by atoms with Crippen LogP contribution in [0.4, 0.5) is 17.6 Å². The lowest BCUT2D eigenvalue weighted by Gasteiger charge is -2.10. The SMILES string of the molecule is COc1ccccc1Nc1nc(N)nc(CSc2cccc(Cl)c2)n1. The average Bonchev–Trinajstić information content (AvgIpc) is 2.60. The Morgan fingerprint density at radius 2 is 1.96 bits per heavy atom. The van der Waals surface area contributed by atoms with Gasteiger partial charge in [0, 0.05) is 9.92 Å². The normalized spacial score (nSPS) is 10.5. The number of benzene rings is 2. The minimum Gasteiger partial charge on any atom is -0.495 e. The molecule has 0 spiro atoms. The predicted molar refractivity (Wildman–Crippen MR) is 102 cm³/mol. The van der Waals surface area contributed by atoms with Gasteiger partial charge in [-0.05, 0) is 30.3 Å². The van der Waals surface area contributed by atoms with E-state index in [-0.39, 0.29) is 5.95 Å². The van der Waals surface area contributed by atoms with Crippen molar-refractivity contribution in [1.82, 2.24) is 15.0 Å². The zero-order chi connectivity index (χ0) is 17.6. The number of ether oxygens (including phenoxy) is 1. The number of aromatic nitrogens is 3. The van der Waals surface area contributed by atoms with E-state index in [0.717, 1.165) is 10.6 Å². The number of nitrogens with one attached hydrogen (secondary N) is 1. The van der Waals surface area contributed by atoms with Crippen molar-refractivity contribution in [2.24, 2.45) is 0 Å². The number of anilines is 3. The summed E-state index contributed by atoms with van der Waals surface area (Å²) in [5.74, 6) is 2.35. The number of thioether (sulfide) groups is 1. The Kier molecular flexibility index (Phi) is 5.57. The van der Waals surface area contributed by atoms with E-state index in [1.807, 2.05) is 48.5 Å². The summed E-state index contributed by atoms with van der Waals surface area (Å²) in [6.07, 6.45) is 0. The number of nitrogens with zero attached hydrogens (tertiary/aromatic N) is 3. The Bertz CT molecular complexity index is 877. The molecule has 0 saturated heterocycles. The minimum atomic E-state index is 0.161. The van der Waals surface area contributed by atoms with Crippen LogP contribution in [0.25, 0.3) is 0 Å². The molecule has 0 bridgehead atoms. The first kappa shape index (κ1) is 17.3. The van der Waals surface area contributed by atoms with Gasteiger partial charge >= 0.3 is 0 Å². The summed E-state index contributed by atoms with van der Waals surface area (Å²) in [6, 6.07) is 15.1. The molecule has 8 heteroatoms. The van der Waals surface area contributed by atoms with Gasteiger partial charge in [0.15, 0.2) is 0 Å². The van der Waals surface area contributed by atoms with Crippen molar-refractivity contribution < 1.29 is 4.74 Å². The van der Waals surface area contributed by atoms with Crippen LogP contribution in [0, 0.1) is 0 Å². The minimum absolute atomic E-state index is 0.161. The standard InChI is InChI=1S/C17H16ClN5OS/c1-24-14-8-3-2-7-13(14)20-17-22-15(21-16(19)23-17)10-25-12-6-4-5-11(18)9-12/h2-9H,10H2,1H3,(H3,19,20,21,22,23).